The van der Waals surface area contributed by atoms with E-state index in [-0.39, 0.29) is 17.5 Å². The van der Waals surface area contributed by atoms with Gasteiger partial charge in [0.05, 0.1) is 0 Å². The van der Waals surface area contributed by atoms with E-state index in [0.717, 1.165) is 23.1 Å². The molecule has 0 fully saturated rings. The van der Waals surface area contributed by atoms with E-state index in [4.69, 9.17) is 0 Å². The maximum absolute atomic E-state index is 13.0. The van der Waals surface area contributed by atoms with Crippen LogP contribution < -0.4 is 0 Å². The Morgan fingerprint density at radius 3 is 2.50 bits per heavy atom. The number of halogens is 1. The van der Waals surface area contributed by atoms with E-state index in [2.05, 4.69) is 0 Å². The number of benzene rings is 2. The third kappa shape index (κ3) is 1.84. The zero-order valence-corrected chi connectivity index (χ0v) is 9.90. The highest BCUT2D eigenvalue weighted by molar-refractivity contribution is 5.99. The minimum Gasteiger partial charge on any atom is -0.294 e. The van der Waals surface area contributed by atoms with Crippen LogP contribution in [0.3, 0.4) is 0 Å². The molecule has 0 bridgehead atoms. The third-order valence-corrected chi connectivity index (χ3v) is 3.57. The molecule has 3 rings (SSSR count). The molecule has 0 aliphatic heterocycles. The Bertz CT molecular complexity index is 586. The second kappa shape index (κ2) is 4.37. The van der Waals surface area contributed by atoms with E-state index in [1.54, 1.807) is 0 Å². The van der Waals surface area contributed by atoms with Crippen molar-refractivity contribution in [3.05, 3.63) is 71.0 Å². The van der Waals surface area contributed by atoms with Gasteiger partial charge >= 0.3 is 0 Å². The number of fused-ring (bicyclic) bond motifs is 1. The lowest BCUT2D eigenvalue weighted by Crippen LogP contribution is -2.16. The minimum absolute atomic E-state index is 0.208. The highest BCUT2D eigenvalue weighted by Crippen LogP contribution is 2.36. The number of carbonyl (C=O) groups is 1. The van der Waals surface area contributed by atoms with Crippen molar-refractivity contribution >= 4 is 5.78 Å². The number of Topliss-reactive ketones (excluding diaryl/α,β-unsaturated/α-hetero) is 1. The summed E-state index contributed by atoms with van der Waals surface area (Å²) in [7, 11) is 0. The first-order chi connectivity index (χ1) is 8.75. The molecule has 0 N–H and O–H groups in total. The Morgan fingerprint density at radius 1 is 1.00 bits per heavy atom. The normalized spacial score (nSPS) is 18.5. The maximum atomic E-state index is 13.0. The van der Waals surface area contributed by atoms with Crippen LogP contribution in [0.2, 0.25) is 0 Å². The molecule has 2 aromatic carbocycles. The largest absolute Gasteiger partial charge is 0.294 e. The van der Waals surface area contributed by atoms with Crippen molar-refractivity contribution in [3.63, 3.8) is 0 Å². The van der Waals surface area contributed by atoms with Crippen molar-refractivity contribution in [2.45, 2.75) is 18.8 Å². The first-order valence-corrected chi connectivity index (χ1v) is 6.13. The molecule has 1 unspecified atom stereocenters. The van der Waals surface area contributed by atoms with Gasteiger partial charge in [-0.15, -0.1) is 0 Å². The van der Waals surface area contributed by atoms with Gasteiger partial charge in [0.15, 0.2) is 5.78 Å². The quantitative estimate of drug-likeness (QED) is 0.738. The first-order valence-electron chi connectivity index (χ1n) is 6.13. The van der Waals surface area contributed by atoms with Crippen LogP contribution in [0.1, 0.15) is 40.2 Å². The van der Waals surface area contributed by atoms with Gasteiger partial charge in [0, 0.05) is 17.9 Å². The smallest absolute Gasteiger partial charge is 0.163 e. The highest BCUT2D eigenvalue weighted by Gasteiger charge is 2.26. The fourth-order valence-electron chi connectivity index (χ4n) is 2.66. The molecule has 0 saturated heterocycles. The fourth-order valence-corrected chi connectivity index (χ4v) is 2.66. The van der Waals surface area contributed by atoms with Gasteiger partial charge in [-0.3, -0.25) is 4.79 Å². The molecule has 2 aromatic rings. The van der Waals surface area contributed by atoms with Crippen LogP contribution in [-0.4, -0.2) is 5.78 Å². The molecule has 0 amide bonds. The van der Waals surface area contributed by atoms with E-state index in [1.807, 2.05) is 36.4 Å². The van der Waals surface area contributed by atoms with E-state index in [0.29, 0.717) is 6.42 Å². The van der Waals surface area contributed by atoms with E-state index in [9.17, 15) is 9.18 Å². The van der Waals surface area contributed by atoms with Crippen LogP contribution in [0.4, 0.5) is 4.39 Å². The maximum Gasteiger partial charge on any atom is 0.163 e. The van der Waals surface area contributed by atoms with E-state index < -0.39 is 0 Å². The molecule has 0 spiro atoms. The Labute approximate surface area is 105 Å². The summed E-state index contributed by atoms with van der Waals surface area (Å²) in [5.74, 6) is 0.197. The SMILES string of the molecule is O=C1CCC(c2ccc(F)cc2)c2ccccc21. The van der Waals surface area contributed by atoms with Crippen LogP contribution >= 0.6 is 0 Å². The summed E-state index contributed by atoms with van der Waals surface area (Å²) in [6.07, 6.45) is 1.38. The molecule has 1 aliphatic carbocycles. The molecule has 0 aromatic heterocycles. The Balaban J connectivity index is 2.07. The summed E-state index contributed by atoms with van der Waals surface area (Å²) in [6.45, 7) is 0. The number of rotatable bonds is 1. The van der Waals surface area contributed by atoms with Crippen LogP contribution in [0.5, 0.6) is 0 Å². The second-order valence-electron chi connectivity index (χ2n) is 4.65. The fraction of sp³-hybridized carbons (Fsp3) is 0.188. The van der Waals surface area contributed by atoms with Gasteiger partial charge in [-0.2, -0.15) is 0 Å². The molecule has 1 atom stereocenters. The van der Waals surface area contributed by atoms with Crippen LogP contribution in [0.25, 0.3) is 0 Å². The highest BCUT2D eigenvalue weighted by atomic mass is 19.1. The summed E-state index contributed by atoms with van der Waals surface area (Å²) < 4.78 is 13.0. The van der Waals surface area contributed by atoms with Crippen LogP contribution in [-0.2, 0) is 0 Å². The molecular weight excluding hydrogens is 227 g/mol. The molecule has 2 heteroatoms. The van der Waals surface area contributed by atoms with E-state index in [1.165, 1.54) is 12.1 Å². The van der Waals surface area contributed by atoms with Gasteiger partial charge in [0.1, 0.15) is 5.82 Å². The Kier molecular flexibility index (Phi) is 2.71. The molecule has 1 nitrogen and oxygen atoms in total. The van der Waals surface area contributed by atoms with Crippen LogP contribution in [0, 0.1) is 5.82 Å². The molecule has 0 saturated carbocycles. The summed E-state index contributed by atoms with van der Waals surface area (Å²) in [4.78, 5) is 11.9. The molecule has 18 heavy (non-hydrogen) atoms. The predicted molar refractivity (Wildman–Crippen MR) is 68.2 cm³/mol. The Hall–Kier alpha value is -1.96. The number of ketones is 1. The lowest BCUT2D eigenvalue weighted by molar-refractivity contribution is 0.0969. The van der Waals surface area contributed by atoms with Gasteiger partial charge in [0.2, 0.25) is 0 Å². The minimum atomic E-state index is -0.223. The van der Waals surface area contributed by atoms with Gasteiger partial charge in [-0.25, -0.2) is 4.39 Å². The number of hydrogen-bond donors (Lipinski definition) is 0. The summed E-state index contributed by atoms with van der Waals surface area (Å²) >= 11 is 0. The van der Waals surface area contributed by atoms with Gasteiger partial charge in [-0.05, 0) is 29.7 Å². The van der Waals surface area contributed by atoms with Gasteiger partial charge in [-0.1, -0.05) is 36.4 Å². The average Bonchev–Trinajstić information content (AvgIpc) is 2.41. The zero-order chi connectivity index (χ0) is 12.5. The first kappa shape index (κ1) is 11.1. The standard InChI is InChI=1S/C16H13FO/c17-12-7-5-11(6-8-12)13-9-10-16(18)15-4-2-1-3-14(13)15/h1-8,13H,9-10H2. The third-order valence-electron chi connectivity index (χ3n) is 3.57. The lowest BCUT2D eigenvalue weighted by atomic mass is 9.78. The average molecular weight is 240 g/mol. The van der Waals surface area contributed by atoms with Crippen molar-refractivity contribution in [1.29, 1.82) is 0 Å². The van der Waals surface area contributed by atoms with E-state index >= 15 is 0 Å². The summed E-state index contributed by atoms with van der Waals surface area (Å²) in [5.41, 5.74) is 2.97. The number of hydrogen-bond acceptors (Lipinski definition) is 1. The number of carbonyl (C=O) groups excluding carboxylic acids is 1. The van der Waals surface area contributed by atoms with Crippen molar-refractivity contribution in [2.75, 3.05) is 0 Å². The molecule has 0 radical (unpaired) electrons. The molecule has 0 heterocycles. The summed E-state index contributed by atoms with van der Waals surface area (Å²) in [6, 6.07) is 14.3. The van der Waals surface area contributed by atoms with Gasteiger partial charge < -0.3 is 0 Å². The molecule has 90 valence electrons. The predicted octanol–water partition coefficient (Wildman–Crippen LogP) is 3.93. The zero-order valence-electron chi connectivity index (χ0n) is 9.90. The van der Waals surface area contributed by atoms with Crippen molar-refractivity contribution in [2.24, 2.45) is 0 Å². The monoisotopic (exact) mass is 240 g/mol. The Morgan fingerprint density at radius 2 is 1.72 bits per heavy atom. The molecular formula is C16H13FO. The second-order valence-corrected chi connectivity index (χ2v) is 4.65. The molecule has 1 aliphatic rings. The van der Waals surface area contributed by atoms with Crippen molar-refractivity contribution in [1.82, 2.24) is 0 Å². The van der Waals surface area contributed by atoms with Gasteiger partial charge in [0.25, 0.3) is 0 Å². The van der Waals surface area contributed by atoms with Crippen molar-refractivity contribution in [3.8, 4) is 0 Å². The van der Waals surface area contributed by atoms with Crippen LogP contribution in [0.15, 0.2) is 48.5 Å². The lowest BCUT2D eigenvalue weighted by Gasteiger charge is -2.24. The topological polar surface area (TPSA) is 17.1 Å². The van der Waals surface area contributed by atoms with Crippen molar-refractivity contribution < 1.29 is 9.18 Å². The summed E-state index contributed by atoms with van der Waals surface area (Å²) in [5, 5.41) is 0.